The van der Waals surface area contributed by atoms with Crippen LogP contribution in [0.5, 0.6) is 11.5 Å². The third-order valence-electron chi connectivity index (χ3n) is 5.42. The zero-order chi connectivity index (χ0) is 30.3. The van der Waals surface area contributed by atoms with Gasteiger partial charge in [0.15, 0.2) is 18.1 Å². The third-order valence-corrected chi connectivity index (χ3v) is 5.42. The van der Waals surface area contributed by atoms with Crippen molar-refractivity contribution < 1.29 is 37.8 Å². The Morgan fingerprint density at radius 1 is 0.762 bits per heavy atom. The normalized spacial score (nSPS) is 10.5. The van der Waals surface area contributed by atoms with Gasteiger partial charge in [-0.2, -0.15) is 5.10 Å². The van der Waals surface area contributed by atoms with Crippen LogP contribution in [0.4, 0.5) is 15.8 Å². The number of carbonyl (C=O) groups is 4. The van der Waals surface area contributed by atoms with Gasteiger partial charge in [0.2, 0.25) is 11.8 Å². The average Bonchev–Trinajstić information content (AvgIpc) is 2.97. The first-order valence-corrected chi connectivity index (χ1v) is 13.1. The summed E-state index contributed by atoms with van der Waals surface area (Å²) in [6.07, 6.45) is 1.22. The van der Waals surface area contributed by atoms with Gasteiger partial charge < -0.3 is 24.8 Å². The molecule has 0 aliphatic carbocycles. The van der Waals surface area contributed by atoms with Crippen LogP contribution in [-0.2, 0) is 19.1 Å². The second kappa shape index (κ2) is 16.1. The molecule has 3 aromatic carbocycles. The van der Waals surface area contributed by atoms with Gasteiger partial charge in [0.05, 0.1) is 25.0 Å². The number of benzene rings is 3. The summed E-state index contributed by atoms with van der Waals surface area (Å²) in [6.45, 7) is 3.83. The van der Waals surface area contributed by atoms with Crippen LogP contribution in [0.3, 0.4) is 0 Å². The molecule has 0 fully saturated rings. The molecule has 0 bridgehead atoms. The molecule has 220 valence electrons. The van der Waals surface area contributed by atoms with Crippen molar-refractivity contribution in [2.75, 3.05) is 30.5 Å². The fourth-order valence-electron chi connectivity index (χ4n) is 3.46. The van der Waals surface area contributed by atoms with E-state index in [0.717, 1.165) is 0 Å². The SMILES string of the molecule is CCOC(=O)c1ccc(NC(=O)COc2ccc(C=NNC(=O)CCC(=O)Nc3ccc(F)cc3)cc2OCC)cc1. The lowest BCUT2D eigenvalue weighted by molar-refractivity contribution is -0.124. The van der Waals surface area contributed by atoms with Gasteiger partial charge in [0, 0.05) is 24.2 Å². The van der Waals surface area contributed by atoms with E-state index in [1.165, 1.54) is 30.5 Å². The van der Waals surface area contributed by atoms with Crippen molar-refractivity contribution in [3.63, 3.8) is 0 Å². The Bertz CT molecular complexity index is 1410. The standard InChI is InChI=1S/C30H31FN4O7/c1-3-40-26-17-20(18-32-35-28(37)16-15-27(36)33-24-12-8-22(31)9-13-24)5-14-25(26)42-19-29(38)34-23-10-6-21(7-11-23)30(39)41-4-2/h5-14,17-18H,3-4,15-16,19H2,1-2H3,(H,33,36)(H,34,38)(H,35,37). The summed E-state index contributed by atoms with van der Waals surface area (Å²) in [4.78, 5) is 48.2. The van der Waals surface area contributed by atoms with Crippen LogP contribution in [0.2, 0.25) is 0 Å². The molecule has 0 atom stereocenters. The summed E-state index contributed by atoms with van der Waals surface area (Å²) in [6, 6.07) is 16.5. The number of ether oxygens (including phenoxy) is 3. The minimum Gasteiger partial charge on any atom is -0.490 e. The van der Waals surface area contributed by atoms with E-state index >= 15 is 0 Å². The van der Waals surface area contributed by atoms with Gasteiger partial charge >= 0.3 is 5.97 Å². The second-order valence-electron chi connectivity index (χ2n) is 8.62. The van der Waals surface area contributed by atoms with E-state index in [1.807, 2.05) is 0 Å². The van der Waals surface area contributed by atoms with Crippen molar-refractivity contribution in [2.24, 2.45) is 5.10 Å². The number of rotatable bonds is 14. The zero-order valence-electron chi connectivity index (χ0n) is 23.1. The van der Waals surface area contributed by atoms with Crippen LogP contribution in [-0.4, -0.2) is 49.7 Å². The topological polar surface area (TPSA) is 144 Å². The van der Waals surface area contributed by atoms with Crippen molar-refractivity contribution in [2.45, 2.75) is 26.7 Å². The van der Waals surface area contributed by atoms with Gasteiger partial charge in [0.1, 0.15) is 5.82 Å². The monoisotopic (exact) mass is 578 g/mol. The van der Waals surface area contributed by atoms with E-state index in [9.17, 15) is 23.6 Å². The number of halogens is 1. The number of hydrogen-bond acceptors (Lipinski definition) is 8. The molecule has 0 aliphatic rings. The Hall–Kier alpha value is -5.26. The predicted molar refractivity (Wildman–Crippen MR) is 154 cm³/mol. The quantitative estimate of drug-likeness (QED) is 0.147. The smallest absolute Gasteiger partial charge is 0.338 e. The number of hydrogen-bond donors (Lipinski definition) is 3. The Morgan fingerprint density at radius 2 is 1.40 bits per heavy atom. The first kappa shape index (κ1) is 31.3. The highest BCUT2D eigenvalue weighted by atomic mass is 19.1. The molecule has 3 rings (SSSR count). The number of nitrogens with zero attached hydrogens (tertiary/aromatic N) is 1. The lowest BCUT2D eigenvalue weighted by Crippen LogP contribution is -2.21. The van der Waals surface area contributed by atoms with Gasteiger partial charge in [-0.1, -0.05) is 0 Å². The van der Waals surface area contributed by atoms with Crippen LogP contribution in [0.15, 0.2) is 71.8 Å². The molecule has 42 heavy (non-hydrogen) atoms. The summed E-state index contributed by atoms with van der Waals surface area (Å²) >= 11 is 0. The summed E-state index contributed by atoms with van der Waals surface area (Å²) in [7, 11) is 0. The van der Waals surface area contributed by atoms with Gasteiger partial charge in [-0.3, -0.25) is 14.4 Å². The molecule has 0 saturated carbocycles. The Morgan fingerprint density at radius 3 is 2.07 bits per heavy atom. The Labute approximate surface area is 242 Å². The van der Waals surface area contributed by atoms with E-state index in [0.29, 0.717) is 40.6 Å². The average molecular weight is 579 g/mol. The van der Waals surface area contributed by atoms with Gasteiger partial charge in [-0.05, 0) is 86.1 Å². The summed E-state index contributed by atoms with van der Waals surface area (Å²) in [5, 5.41) is 9.17. The van der Waals surface area contributed by atoms with E-state index in [2.05, 4.69) is 21.2 Å². The zero-order valence-corrected chi connectivity index (χ0v) is 23.1. The highest BCUT2D eigenvalue weighted by Gasteiger charge is 2.11. The largest absolute Gasteiger partial charge is 0.490 e. The third kappa shape index (κ3) is 10.4. The molecule has 3 aromatic rings. The number of amides is 3. The first-order valence-electron chi connectivity index (χ1n) is 13.1. The van der Waals surface area contributed by atoms with Crippen LogP contribution >= 0.6 is 0 Å². The Balaban J connectivity index is 1.46. The molecule has 11 nitrogen and oxygen atoms in total. The van der Waals surface area contributed by atoms with Gasteiger partial charge in [0.25, 0.3) is 5.91 Å². The summed E-state index contributed by atoms with van der Waals surface area (Å²) in [5.74, 6) is -1.43. The summed E-state index contributed by atoms with van der Waals surface area (Å²) < 4.78 is 29.1. The van der Waals surface area contributed by atoms with Crippen LogP contribution in [0, 0.1) is 5.82 Å². The lowest BCUT2D eigenvalue weighted by Gasteiger charge is -2.13. The highest BCUT2D eigenvalue weighted by Crippen LogP contribution is 2.28. The molecule has 3 amide bonds. The van der Waals surface area contributed by atoms with Gasteiger partial charge in [-0.25, -0.2) is 14.6 Å². The van der Waals surface area contributed by atoms with Gasteiger partial charge in [-0.15, -0.1) is 0 Å². The second-order valence-corrected chi connectivity index (χ2v) is 8.62. The Kier molecular flexibility index (Phi) is 12.0. The maximum atomic E-state index is 13.0. The van der Waals surface area contributed by atoms with E-state index in [-0.39, 0.29) is 26.1 Å². The number of anilines is 2. The van der Waals surface area contributed by atoms with Crippen molar-refractivity contribution in [3.8, 4) is 11.5 Å². The fourth-order valence-corrected chi connectivity index (χ4v) is 3.46. The molecular formula is C30H31FN4O7. The van der Waals surface area contributed by atoms with Crippen molar-refractivity contribution >= 4 is 41.3 Å². The number of carbonyl (C=O) groups excluding carboxylic acids is 4. The predicted octanol–water partition coefficient (Wildman–Crippen LogP) is 4.29. The van der Waals surface area contributed by atoms with Crippen LogP contribution in [0.1, 0.15) is 42.6 Å². The highest BCUT2D eigenvalue weighted by molar-refractivity contribution is 5.94. The minimum atomic E-state index is -0.466. The molecule has 0 saturated heterocycles. The number of nitrogens with one attached hydrogen (secondary N) is 3. The molecule has 3 N–H and O–H groups in total. The molecule has 12 heteroatoms. The molecule has 0 heterocycles. The van der Waals surface area contributed by atoms with Crippen LogP contribution in [0.25, 0.3) is 0 Å². The molecule has 0 spiro atoms. The molecule has 0 aliphatic heterocycles. The molecule has 0 radical (unpaired) electrons. The van der Waals surface area contributed by atoms with E-state index < -0.39 is 29.5 Å². The summed E-state index contributed by atoms with van der Waals surface area (Å²) in [5.41, 5.74) is 4.24. The van der Waals surface area contributed by atoms with Crippen molar-refractivity contribution in [1.82, 2.24) is 5.43 Å². The maximum absolute atomic E-state index is 13.0. The van der Waals surface area contributed by atoms with Crippen LogP contribution < -0.4 is 25.5 Å². The minimum absolute atomic E-state index is 0.0776. The van der Waals surface area contributed by atoms with E-state index in [4.69, 9.17) is 14.2 Å². The van der Waals surface area contributed by atoms with E-state index in [1.54, 1.807) is 56.3 Å². The van der Waals surface area contributed by atoms with Crippen molar-refractivity contribution in [3.05, 3.63) is 83.7 Å². The first-order chi connectivity index (χ1) is 20.3. The molecule has 0 aromatic heterocycles. The maximum Gasteiger partial charge on any atom is 0.338 e. The fraction of sp³-hybridized carbons (Fsp3) is 0.233. The molecule has 0 unspecified atom stereocenters. The van der Waals surface area contributed by atoms with Crippen molar-refractivity contribution in [1.29, 1.82) is 0 Å². The molecular weight excluding hydrogens is 547 g/mol. The lowest BCUT2D eigenvalue weighted by atomic mass is 10.2. The number of esters is 1. The number of hydrazone groups is 1.